The standard InChI is InChI=1S/C21H23NO3/c1-16-8-4-6-10-18(16)12-13-21(24)25-15-20(23)22(3)14-19-11-7-5-9-17(19)2/h4-13H,14-15H2,1-3H3/b13-12+. The first-order valence-corrected chi connectivity index (χ1v) is 8.16. The van der Waals surface area contributed by atoms with E-state index in [1.807, 2.05) is 62.4 Å². The summed E-state index contributed by atoms with van der Waals surface area (Å²) < 4.78 is 5.04. The molecular formula is C21H23NO3. The summed E-state index contributed by atoms with van der Waals surface area (Å²) in [6.07, 6.45) is 3.04. The van der Waals surface area contributed by atoms with Crippen LogP contribution in [0.15, 0.2) is 54.6 Å². The maximum absolute atomic E-state index is 12.1. The van der Waals surface area contributed by atoms with E-state index in [0.717, 1.165) is 22.3 Å². The lowest BCUT2D eigenvalue weighted by atomic mass is 10.1. The zero-order valence-electron chi connectivity index (χ0n) is 14.9. The molecule has 0 saturated carbocycles. The van der Waals surface area contributed by atoms with Crippen LogP contribution in [0, 0.1) is 13.8 Å². The summed E-state index contributed by atoms with van der Waals surface area (Å²) in [7, 11) is 1.70. The van der Waals surface area contributed by atoms with Gasteiger partial charge in [-0.25, -0.2) is 4.79 Å². The highest BCUT2D eigenvalue weighted by Gasteiger charge is 2.12. The Labute approximate surface area is 148 Å². The molecule has 1 amide bonds. The first-order valence-electron chi connectivity index (χ1n) is 8.16. The van der Waals surface area contributed by atoms with Crippen LogP contribution >= 0.6 is 0 Å². The van der Waals surface area contributed by atoms with Gasteiger partial charge in [-0.15, -0.1) is 0 Å². The van der Waals surface area contributed by atoms with Crippen molar-refractivity contribution in [3.8, 4) is 0 Å². The van der Waals surface area contributed by atoms with E-state index in [-0.39, 0.29) is 12.5 Å². The average Bonchev–Trinajstić information content (AvgIpc) is 2.60. The van der Waals surface area contributed by atoms with Crippen molar-refractivity contribution in [1.29, 1.82) is 0 Å². The monoisotopic (exact) mass is 337 g/mol. The van der Waals surface area contributed by atoms with Crippen molar-refractivity contribution < 1.29 is 14.3 Å². The molecule has 0 N–H and O–H groups in total. The molecule has 0 aromatic heterocycles. The van der Waals surface area contributed by atoms with Crippen LogP contribution < -0.4 is 0 Å². The Hall–Kier alpha value is -2.88. The zero-order valence-corrected chi connectivity index (χ0v) is 14.9. The highest BCUT2D eigenvalue weighted by atomic mass is 16.5. The molecule has 0 saturated heterocycles. The van der Waals surface area contributed by atoms with Crippen LogP contribution in [0.4, 0.5) is 0 Å². The van der Waals surface area contributed by atoms with E-state index in [2.05, 4.69) is 0 Å². The molecule has 0 unspecified atom stereocenters. The van der Waals surface area contributed by atoms with E-state index in [9.17, 15) is 9.59 Å². The maximum Gasteiger partial charge on any atom is 0.331 e. The molecule has 0 atom stereocenters. The molecule has 0 heterocycles. The van der Waals surface area contributed by atoms with Gasteiger partial charge in [-0.2, -0.15) is 0 Å². The van der Waals surface area contributed by atoms with Crippen molar-refractivity contribution in [2.45, 2.75) is 20.4 Å². The number of ether oxygens (including phenoxy) is 1. The number of esters is 1. The molecule has 4 nitrogen and oxygen atoms in total. The Morgan fingerprint density at radius 3 is 2.32 bits per heavy atom. The van der Waals surface area contributed by atoms with Crippen LogP contribution in [0.25, 0.3) is 6.08 Å². The minimum Gasteiger partial charge on any atom is -0.452 e. The molecule has 0 radical (unpaired) electrons. The van der Waals surface area contributed by atoms with Crippen molar-refractivity contribution in [2.75, 3.05) is 13.7 Å². The molecule has 2 aromatic carbocycles. The maximum atomic E-state index is 12.1. The van der Waals surface area contributed by atoms with E-state index >= 15 is 0 Å². The van der Waals surface area contributed by atoms with Gasteiger partial charge >= 0.3 is 5.97 Å². The minimum absolute atomic E-state index is 0.235. The number of hydrogen-bond acceptors (Lipinski definition) is 3. The van der Waals surface area contributed by atoms with Gasteiger partial charge in [0.25, 0.3) is 5.91 Å². The number of amides is 1. The second-order valence-electron chi connectivity index (χ2n) is 5.97. The first kappa shape index (κ1) is 18.5. The highest BCUT2D eigenvalue weighted by Crippen LogP contribution is 2.10. The molecule has 0 aliphatic rings. The van der Waals surface area contributed by atoms with Crippen LogP contribution in [0.1, 0.15) is 22.3 Å². The number of carbonyl (C=O) groups excluding carboxylic acids is 2. The lowest BCUT2D eigenvalue weighted by molar-refractivity contribution is -0.147. The number of carbonyl (C=O) groups is 2. The van der Waals surface area contributed by atoms with Gasteiger partial charge in [0, 0.05) is 19.7 Å². The van der Waals surface area contributed by atoms with Gasteiger partial charge in [-0.3, -0.25) is 4.79 Å². The Kier molecular flexibility index (Phi) is 6.52. The molecule has 130 valence electrons. The van der Waals surface area contributed by atoms with Crippen molar-refractivity contribution in [2.24, 2.45) is 0 Å². The lowest BCUT2D eigenvalue weighted by Gasteiger charge is -2.18. The van der Waals surface area contributed by atoms with Crippen LogP contribution in [-0.4, -0.2) is 30.4 Å². The Morgan fingerprint density at radius 1 is 1.00 bits per heavy atom. The predicted octanol–water partition coefficient (Wildman–Crippen LogP) is 3.52. The summed E-state index contributed by atoms with van der Waals surface area (Å²) in [5.41, 5.74) is 4.22. The quantitative estimate of drug-likeness (QED) is 0.598. The van der Waals surface area contributed by atoms with Gasteiger partial charge < -0.3 is 9.64 Å². The molecule has 25 heavy (non-hydrogen) atoms. The van der Waals surface area contributed by atoms with E-state index in [0.29, 0.717) is 6.54 Å². The molecular weight excluding hydrogens is 314 g/mol. The second kappa shape index (κ2) is 8.83. The van der Waals surface area contributed by atoms with Gasteiger partial charge in [-0.05, 0) is 42.2 Å². The second-order valence-corrected chi connectivity index (χ2v) is 5.97. The minimum atomic E-state index is -0.527. The number of likely N-dealkylation sites (N-methyl/N-ethyl adjacent to an activating group) is 1. The zero-order chi connectivity index (χ0) is 18.2. The Balaban J connectivity index is 1.83. The fourth-order valence-corrected chi connectivity index (χ4v) is 2.35. The summed E-state index contributed by atoms with van der Waals surface area (Å²) in [5.74, 6) is -0.762. The van der Waals surface area contributed by atoms with E-state index in [1.165, 1.54) is 6.08 Å². The molecule has 2 aromatic rings. The third-order valence-electron chi connectivity index (χ3n) is 4.02. The number of rotatable bonds is 6. The molecule has 4 heteroatoms. The van der Waals surface area contributed by atoms with Crippen molar-refractivity contribution in [1.82, 2.24) is 4.90 Å². The summed E-state index contributed by atoms with van der Waals surface area (Å²) in [4.78, 5) is 25.5. The van der Waals surface area contributed by atoms with Crippen LogP contribution in [0.3, 0.4) is 0 Å². The molecule has 0 aliphatic heterocycles. The Bertz CT molecular complexity index is 780. The topological polar surface area (TPSA) is 46.6 Å². The smallest absolute Gasteiger partial charge is 0.331 e. The number of benzene rings is 2. The summed E-state index contributed by atoms with van der Waals surface area (Å²) >= 11 is 0. The average molecular weight is 337 g/mol. The third-order valence-corrected chi connectivity index (χ3v) is 4.02. The van der Waals surface area contributed by atoms with E-state index in [4.69, 9.17) is 4.74 Å². The van der Waals surface area contributed by atoms with Crippen LogP contribution in [-0.2, 0) is 20.9 Å². The van der Waals surface area contributed by atoms with Gasteiger partial charge in [0.1, 0.15) is 0 Å². The van der Waals surface area contributed by atoms with Crippen LogP contribution in [0.5, 0.6) is 0 Å². The SMILES string of the molecule is Cc1ccccc1/C=C/C(=O)OCC(=O)N(C)Cc1ccccc1C. The Morgan fingerprint density at radius 2 is 1.64 bits per heavy atom. The van der Waals surface area contributed by atoms with Crippen molar-refractivity contribution in [3.63, 3.8) is 0 Å². The first-order chi connectivity index (χ1) is 12.0. The molecule has 0 aliphatic carbocycles. The van der Waals surface area contributed by atoms with Crippen molar-refractivity contribution >= 4 is 18.0 Å². The summed E-state index contributed by atoms with van der Waals surface area (Å²) in [5, 5.41) is 0. The van der Waals surface area contributed by atoms with Gasteiger partial charge in [-0.1, -0.05) is 48.5 Å². The summed E-state index contributed by atoms with van der Waals surface area (Å²) in [6, 6.07) is 15.6. The summed E-state index contributed by atoms with van der Waals surface area (Å²) in [6.45, 7) is 4.19. The van der Waals surface area contributed by atoms with Gasteiger partial charge in [0.05, 0.1) is 0 Å². The number of hydrogen-bond donors (Lipinski definition) is 0. The van der Waals surface area contributed by atoms with Gasteiger partial charge in [0.15, 0.2) is 6.61 Å². The fraction of sp³-hybridized carbons (Fsp3) is 0.238. The van der Waals surface area contributed by atoms with Gasteiger partial charge in [0.2, 0.25) is 0 Å². The normalized spacial score (nSPS) is 10.7. The molecule has 0 fully saturated rings. The van der Waals surface area contributed by atoms with Crippen LogP contribution in [0.2, 0.25) is 0 Å². The number of nitrogens with zero attached hydrogens (tertiary/aromatic N) is 1. The molecule has 0 bridgehead atoms. The molecule has 0 spiro atoms. The largest absolute Gasteiger partial charge is 0.452 e. The van der Waals surface area contributed by atoms with E-state index < -0.39 is 5.97 Å². The molecule has 2 rings (SSSR count). The van der Waals surface area contributed by atoms with E-state index in [1.54, 1.807) is 18.0 Å². The lowest BCUT2D eigenvalue weighted by Crippen LogP contribution is -2.30. The third kappa shape index (κ3) is 5.60. The highest BCUT2D eigenvalue weighted by molar-refractivity contribution is 5.89. The van der Waals surface area contributed by atoms with Crippen molar-refractivity contribution in [3.05, 3.63) is 76.9 Å². The fourth-order valence-electron chi connectivity index (χ4n) is 2.35. The number of aryl methyl sites for hydroxylation is 2. The predicted molar refractivity (Wildman–Crippen MR) is 98.8 cm³/mol.